The van der Waals surface area contributed by atoms with E-state index >= 15 is 0 Å². The van der Waals surface area contributed by atoms with Gasteiger partial charge >= 0.3 is 5.97 Å². The van der Waals surface area contributed by atoms with Gasteiger partial charge in [0.1, 0.15) is 12.2 Å². The fourth-order valence-electron chi connectivity index (χ4n) is 2.26. The van der Waals surface area contributed by atoms with Crippen LogP contribution < -0.4 is 5.56 Å². The molecule has 1 amide bonds. The Hall–Kier alpha value is -2.96. The normalized spacial score (nSPS) is 10.6. The zero-order chi connectivity index (χ0) is 17.7. The predicted molar refractivity (Wildman–Crippen MR) is 88.2 cm³/mol. The molecule has 0 bridgehead atoms. The summed E-state index contributed by atoms with van der Waals surface area (Å²) in [4.78, 5) is 36.8. The van der Waals surface area contributed by atoms with Crippen LogP contribution in [-0.2, 0) is 4.79 Å². The highest BCUT2D eigenvalue weighted by atomic mass is 16.4. The second-order valence-electron chi connectivity index (χ2n) is 5.78. The Labute approximate surface area is 139 Å². The maximum atomic E-state index is 12.6. The lowest BCUT2D eigenvalue weighted by Gasteiger charge is -2.22. The van der Waals surface area contributed by atoms with E-state index in [9.17, 15) is 14.4 Å². The van der Waals surface area contributed by atoms with Crippen LogP contribution in [0.15, 0.2) is 47.3 Å². The molecule has 24 heavy (non-hydrogen) atoms. The predicted octanol–water partition coefficient (Wildman–Crippen LogP) is 1.42. The van der Waals surface area contributed by atoms with Gasteiger partial charge in [0.25, 0.3) is 11.5 Å². The molecule has 0 aliphatic heterocycles. The Balaban J connectivity index is 2.38. The zero-order valence-electron chi connectivity index (χ0n) is 13.5. The number of aliphatic carboxylic acids is 1. The molecule has 2 aromatic rings. The van der Waals surface area contributed by atoms with Crippen LogP contribution in [0.3, 0.4) is 0 Å². The number of nitrogens with zero attached hydrogens (tertiary/aromatic N) is 3. The molecule has 1 aromatic carbocycles. The van der Waals surface area contributed by atoms with Gasteiger partial charge in [-0.25, -0.2) is 0 Å². The lowest BCUT2D eigenvalue weighted by molar-refractivity contribution is -0.137. The van der Waals surface area contributed by atoms with Crippen LogP contribution in [-0.4, -0.2) is 44.8 Å². The van der Waals surface area contributed by atoms with Crippen LogP contribution in [0, 0.1) is 5.92 Å². The lowest BCUT2D eigenvalue weighted by Crippen LogP contribution is -2.39. The number of hydrogen-bond donors (Lipinski definition) is 1. The first-order valence-corrected chi connectivity index (χ1v) is 7.55. The SMILES string of the molecule is CC(C)CN(CC(=O)O)C(=O)c1ccc(=O)n(-c2ccccc2)n1. The summed E-state index contributed by atoms with van der Waals surface area (Å²) in [5, 5.41) is 13.1. The minimum atomic E-state index is -1.10. The van der Waals surface area contributed by atoms with Gasteiger partial charge in [-0.3, -0.25) is 14.4 Å². The number of para-hydroxylation sites is 1. The van der Waals surface area contributed by atoms with Gasteiger partial charge < -0.3 is 10.0 Å². The van der Waals surface area contributed by atoms with Gasteiger partial charge in [0.05, 0.1) is 5.69 Å². The van der Waals surface area contributed by atoms with Gasteiger partial charge in [-0.2, -0.15) is 9.78 Å². The monoisotopic (exact) mass is 329 g/mol. The summed E-state index contributed by atoms with van der Waals surface area (Å²) in [5.41, 5.74) is 0.192. The largest absolute Gasteiger partial charge is 0.480 e. The quantitative estimate of drug-likeness (QED) is 0.865. The lowest BCUT2D eigenvalue weighted by atomic mass is 10.2. The summed E-state index contributed by atoms with van der Waals surface area (Å²) >= 11 is 0. The summed E-state index contributed by atoms with van der Waals surface area (Å²) < 4.78 is 1.13. The molecule has 0 saturated heterocycles. The average Bonchev–Trinajstić information content (AvgIpc) is 2.54. The molecule has 0 aliphatic carbocycles. The first kappa shape index (κ1) is 17.4. The van der Waals surface area contributed by atoms with Crippen molar-refractivity contribution in [2.45, 2.75) is 13.8 Å². The molecule has 0 aliphatic rings. The fourth-order valence-corrected chi connectivity index (χ4v) is 2.26. The van der Waals surface area contributed by atoms with E-state index in [0.29, 0.717) is 5.69 Å². The van der Waals surface area contributed by atoms with Crippen molar-refractivity contribution >= 4 is 11.9 Å². The fraction of sp³-hybridized carbons (Fsp3) is 0.294. The minimum absolute atomic E-state index is 0.0281. The third kappa shape index (κ3) is 4.28. The Kier molecular flexibility index (Phi) is 5.47. The number of aromatic nitrogens is 2. The summed E-state index contributed by atoms with van der Waals surface area (Å²) in [6.45, 7) is 3.65. The van der Waals surface area contributed by atoms with Crippen LogP contribution in [0.4, 0.5) is 0 Å². The number of benzene rings is 1. The number of rotatable bonds is 6. The molecular formula is C17H19N3O4. The molecule has 1 aromatic heterocycles. The van der Waals surface area contributed by atoms with E-state index in [1.54, 1.807) is 30.3 Å². The smallest absolute Gasteiger partial charge is 0.323 e. The van der Waals surface area contributed by atoms with E-state index in [1.807, 2.05) is 13.8 Å². The Bertz CT molecular complexity index is 784. The van der Waals surface area contributed by atoms with E-state index in [1.165, 1.54) is 17.0 Å². The van der Waals surface area contributed by atoms with Crippen molar-refractivity contribution in [1.82, 2.24) is 14.7 Å². The average molecular weight is 329 g/mol. The Morgan fingerprint density at radius 2 is 1.83 bits per heavy atom. The molecule has 7 heteroatoms. The summed E-state index contributed by atoms with van der Waals surface area (Å²) in [5.74, 6) is -1.51. The van der Waals surface area contributed by atoms with E-state index in [0.717, 1.165) is 4.68 Å². The van der Waals surface area contributed by atoms with Crippen LogP contribution in [0.25, 0.3) is 5.69 Å². The van der Waals surface area contributed by atoms with Crippen molar-refractivity contribution in [1.29, 1.82) is 0 Å². The Morgan fingerprint density at radius 3 is 2.42 bits per heavy atom. The zero-order valence-corrected chi connectivity index (χ0v) is 13.5. The van der Waals surface area contributed by atoms with Gasteiger partial charge in [0, 0.05) is 12.6 Å². The van der Waals surface area contributed by atoms with Gasteiger partial charge in [0.2, 0.25) is 0 Å². The number of carbonyl (C=O) groups is 2. The molecule has 0 fully saturated rings. The highest BCUT2D eigenvalue weighted by Crippen LogP contribution is 2.07. The topological polar surface area (TPSA) is 92.5 Å². The molecule has 7 nitrogen and oxygen atoms in total. The van der Waals surface area contributed by atoms with Crippen LogP contribution in [0.2, 0.25) is 0 Å². The number of carboxylic acid groups (broad SMARTS) is 1. The third-order valence-electron chi connectivity index (χ3n) is 3.22. The molecule has 1 N–H and O–H groups in total. The second kappa shape index (κ2) is 7.54. The van der Waals surface area contributed by atoms with Crippen molar-refractivity contribution in [3.05, 3.63) is 58.5 Å². The van der Waals surface area contributed by atoms with Crippen molar-refractivity contribution in [2.24, 2.45) is 5.92 Å². The maximum Gasteiger partial charge on any atom is 0.323 e. The van der Waals surface area contributed by atoms with Gasteiger partial charge in [-0.05, 0) is 24.1 Å². The summed E-state index contributed by atoms with van der Waals surface area (Å²) in [6, 6.07) is 11.3. The second-order valence-corrected chi connectivity index (χ2v) is 5.78. The minimum Gasteiger partial charge on any atom is -0.480 e. The molecular weight excluding hydrogens is 310 g/mol. The van der Waals surface area contributed by atoms with E-state index in [-0.39, 0.29) is 23.7 Å². The molecule has 0 unspecified atom stereocenters. The number of carboxylic acids is 1. The molecule has 0 radical (unpaired) electrons. The summed E-state index contributed by atoms with van der Waals surface area (Å²) in [7, 11) is 0. The molecule has 0 saturated carbocycles. The van der Waals surface area contributed by atoms with Crippen LogP contribution in [0.5, 0.6) is 0 Å². The highest BCUT2D eigenvalue weighted by Gasteiger charge is 2.21. The van der Waals surface area contributed by atoms with Crippen LogP contribution >= 0.6 is 0 Å². The number of hydrogen-bond acceptors (Lipinski definition) is 4. The molecule has 1 heterocycles. The van der Waals surface area contributed by atoms with E-state index < -0.39 is 18.4 Å². The first-order chi connectivity index (χ1) is 11.4. The first-order valence-electron chi connectivity index (χ1n) is 7.55. The standard InChI is InChI=1S/C17H19N3O4/c1-12(2)10-19(11-16(22)23)17(24)14-8-9-15(21)20(18-14)13-6-4-3-5-7-13/h3-9,12H,10-11H2,1-2H3,(H,22,23). The van der Waals surface area contributed by atoms with Crippen LogP contribution in [0.1, 0.15) is 24.3 Å². The highest BCUT2D eigenvalue weighted by molar-refractivity contribution is 5.94. The molecule has 0 atom stereocenters. The van der Waals surface area contributed by atoms with Crippen molar-refractivity contribution < 1.29 is 14.7 Å². The van der Waals surface area contributed by atoms with E-state index in [4.69, 9.17) is 5.11 Å². The molecule has 0 spiro atoms. The van der Waals surface area contributed by atoms with Crippen molar-refractivity contribution in [2.75, 3.05) is 13.1 Å². The van der Waals surface area contributed by atoms with Crippen molar-refractivity contribution in [3.8, 4) is 5.69 Å². The summed E-state index contributed by atoms with van der Waals surface area (Å²) in [6.07, 6.45) is 0. The maximum absolute atomic E-state index is 12.6. The Morgan fingerprint density at radius 1 is 1.17 bits per heavy atom. The van der Waals surface area contributed by atoms with Gasteiger partial charge in [-0.15, -0.1) is 0 Å². The third-order valence-corrected chi connectivity index (χ3v) is 3.22. The van der Waals surface area contributed by atoms with Gasteiger partial charge in [-0.1, -0.05) is 32.0 Å². The molecule has 2 rings (SSSR count). The molecule has 126 valence electrons. The number of carbonyl (C=O) groups excluding carboxylic acids is 1. The van der Waals surface area contributed by atoms with E-state index in [2.05, 4.69) is 5.10 Å². The number of amides is 1. The van der Waals surface area contributed by atoms with Gasteiger partial charge in [0.15, 0.2) is 0 Å². The van der Waals surface area contributed by atoms with Crippen molar-refractivity contribution in [3.63, 3.8) is 0 Å².